The fraction of sp³-hybridized carbons (Fsp3) is 0.391. The quantitative estimate of drug-likeness (QED) is 0.0939. The molecule has 4 aromatic carbocycles. The van der Waals surface area contributed by atoms with Crippen LogP contribution in [0.1, 0.15) is 55.3 Å². The molecule has 328 valence electrons. The summed E-state index contributed by atoms with van der Waals surface area (Å²) in [6.07, 6.45) is -13.7. The van der Waals surface area contributed by atoms with Gasteiger partial charge >= 0.3 is 23.9 Å². The molecular weight excluding hydrogens is 808 g/mol. The minimum atomic E-state index is -1.76. The summed E-state index contributed by atoms with van der Waals surface area (Å²) in [6, 6.07) is 32.8. The average Bonchev–Trinajstić information content (AvgIpc) is 3.63. The number of esters is 4. The topological polar surface area (TPSA) is 190 Å². The molecule has 4 aromatic rings. The maximum atomic E-state index is 13.8. The number of methoxy groups -OCH3 is 1. The fourth-order valence-corrected chi connectivity index (χ4v) is 7.23. The Kier molecular flexibility index (Phi) is 14.7. The Morgan fingerprint density at radius 1 is 0.548 bits per heavy atom. The van der Waals surface area contributed by atoms with E-state index in [2.05, 4.69) is 0 Å². The van der Waals surface area contributed by atoms with E-state index in [4.69, 9.17) is 52.1 Å². The Morgan fingerprint density at radius 2 is 0.984 bits per heavy atom. The molecule has 16 nitrogen and oxygen atoms in total. The average molecular weight is 857 g/mol. The van der Waals surface area contributed by atoms with Gasteiger partial charge in [0.25, 0.3) is 0 Å². The summed E-state index contributed by atoms with van der Waals surface area (Å²) >= 11 is 0. The molecule has 0 spiro atoms. The van der Waals surface area contributed by atoms with Crippen LogP contribution in [-0.4, -0.2) is 130 Å². The van der Waals surface area contributed by atoms with Gasteiger partial charge in [0.05, 0.1) is 35.5 Å². The predicted octanol–water partition coefficient (Wildman–Crippen LogP) is 4.53. The number of carbonyl (C=O) groups excluding carboxylic acids is 4. The monoisotopic (exact) mass is 856 g/mol. The standard InChI is InChI=1S/C46H48O16/c1-46(2)61-36-33(27-55-41(49)29-18-10-5-11-19-29)57-45(39(38(36)62-46)59-43(51)31-22-14-7-15-23-31)60-35-32(26-54-40(48)28-16-8-4-9-17-28)56-44(53-25-24-52-3)37(34(35)47)58-42(50)30-20-12-6-13-21-30/h4-23,32-39,44-45,47H,24-27H2,1-3H3/t32-,33-,34+,35-,36+,37-,38+,39-,44-,45+/m1/s1. The van der Waals surface area contributed by atoms with Crippen molar-refractivity contribution in [3.05, 3.63) is 144 Å². The van der Waals surface area contributed by atoms with Crippen LogP contribution in [0.4, 0.5) is 0 Å². The van der Waals surface area contributed by atoms with E-state index in [0.29, 0.717) is 5.56 Å². The minimum Gasteiger partial charge on any atom is -0.459 e. The van der Waals surface area contributed by atoms with Crippen molar-refractivity contribution in [2.24, 2.45) is 0 Å². The van der Waals surface area contributed by atoms with Crippen molar-refractivity contribution in [2.75, 3.05) is 33.5 Å². The summed E-state index contributed by atoms with van der Waals surface area (Å²) in [7, 11) is 1.47. The van der Waals surface area contributed by atoms with Crippen LogP contribution < -0.4 is 0 Å². The van der Waals surface area contributed by atoms with E-state index in [1.165, 1.54) is 19.2 Å². The highest BCUT2D eigenvalue weighted by Gasteiger charge is 2.59. The highest BCUT2D eigenvalue weighted by molar-refractivity contribution is 5.91. The molecule has 3 fully saturated rings. The fourth-order valence-electron chi connectivity index (χ4n) is 7.23. The van der Waals surface area contributed by atoms with Gasteiger partial charge in [-0.3, -0.25) is 0 Å². The number of benzene rings is 4. The van der Waals surface area contributed by atoms with Gasteiger partial charge in [0, 0.05) is 7.11 Å². The van der Waals surface area contributed by atoms with Gasteiger partial charge in [0.2, 0.25) is 0 Å². The van der Waals surface area contributed by atoms with Crippen LogP contribution in [-0.2, 0) is 52.1 Å². The molecule has 3 aliphatic rings. The van der Waals surface area contributed by atoms with Crippen molar-refractivity contribution in [1.82, 2.24) is 0 Å². The maximum Gasteiger partial charge on any atom is 0.338 e. The van der Waals surface area contributed by atoms with Crippen molar-refractivity contribution in [3.63, 3.8) is 0 Å². The van der Waals surface area contributed by atoms with Gasteiger partial charge in [0.1, 0.15) is 49.8 Å². The van der Waals surface area contributed by atoms with Crippen LogP contribution >= 0.6 is 0 Å². The van der Waals surface area contributed by atoms with Gasteiger partial charge in [-0.1, -0.05) is 72.8 Å². The SMILES string of the molecule is COCCO[C@@H]1O[C@H](COC(=O)c2ccccc2)[C@@H](O[C@@H]2O[C@H](COC(=O)c3ccccc3)[C@@H]3OC(C)(C)O[C@@H]3[C@H]2OC(=O)c2ccccc2)[C@H](O)[C@H]1OC(=O)c1ccccc1. The molecule has 3 saturated heterocycles. The Hall–Kier alpha value is -5.56. The molecule has 7 rings (SSSR count). The normalized spacial score (nSPS) is 27.6. The number of carbonyl (C=O) groups is 4. The molecule has 62 heavy (non-hydrogen) atoms. The van der Waals surface area contributed by atoms with E-state index < -0.39 is 97.7 Å². The molecule has 0 bridgehead atoms. The van der Waals surface area contributed by atoms with Gasteiger partial charge < -0.3 is 57.2 Å². The first-order valence-electron chi connectivity index (χ1n) is 20.1. The lowest BCUT2D eigenvalue weighted by Gasteiger charge is -2.47. The first-order valence-corrected chi connectivity index (χ1v) is 20.1. The zero-order valence-corrected chi connectivity index (χ0v) is 34.2. The minimum absolute atomic E-state index is 0.0435. The second-order valence-electron chi connectivity index (χ2n) is 15.0. The third kappa shape index (κ3) is 10.9. The molecule has 0 unspecified atom stereocenters. The second-order valence-corrected chi connectivity index (χ2v) is 15.0. The zero-order chi connectivity index (χ0) is 43.6. The first kappa shape index (κ1) is 44.5. The number of hydrogen-bond donors (Lipinski definition) is 1. The van der Waals surface area contributed by atoms with Gasteiger partial charge in [-0.05, 0) is 62.4 Å². The molecule has 0 aliphatic carbocycles. The lowest BCUT2D eigenvalue weighted by Crippen LogP contribution is -2.65. The van der Waals surface area contributed by atoms with Crippen molar-refractivity contribution >= 4 is 23.9 Å². The van der Waals surface area contributed by atoms with Gasteiger partial charge in [-0.15, -0.1) is 0 Å². The largest absolute Gasteiger partial charge is 0.459 e. The van der Waals surface area contributed by atoms with Crippen LogP contribution in [0.5, 0.6) is 0 Å². The van der Waals surface area contributed by atoms with Crippen molar-refractivity contribution < 1.29 is 76.4 Å². The first-order chi connectivity index (χ1) is 30.0. The van der Waals surface area contributed by atoms with E-state index in [1.54, 1.807) is 123 Å². The van der Waals surface area contributed by atoms with Gasteiger partial charge in [0.15, 0.2) is 30.6 Å². The van der Waals surface area contributed by atoms with E-state index >= 15 is 0 Å². The van der Waals surface area contributed by atoms with Crippen molar-refractivity contribution in [3.8, 4) is 0 Å². The molecule has 10 atom stereocenters. The lowest BCUT2D eigenvalue weighted by atomic mass is 9.96. The summed E-state index contributed by atoms with van der Waals surface area (Å²) in [4.78, 5) is 53.6. The Balaban J connectivity index is 1.23. The number of ether oxygens (including phenoxy) is 11. The Bertz CT molecular complexity index is 2080. The highest BCUT2D eigenvalue weighted by atomic mass is 16.8. The van der Waals surface area contributed by atoms with Crippen LogP contribution in [0, 0.1) is 0 Å². The smallest absolute Gasteiger partial charge is 0.338 e. The van der Waals surface area contributed by atoms with Crippen molar-refractivity contribution in [2.45, 2.75) is 81.0 Å². The third-order valence-electron chi connectivity index (χ3n) is 10.2. The molecule has 0 aromatic heterocycles. The van der Waals surface area contributed by atoms with E-state index in [1.807, 2.05) is 0 Å². The molecule has 3 aliphatic heterocycles. The Labute approximate surface area is 357 Å². The molecule has 3 heterocycles. The van der Waals surface area contributed by atoms with Crippen LogP contribution in [0.15, 0.2) is 121 Å². The van der Waals surface area contributed by atoms with Crippen molar-refractivity contribution in [1.29, 1.82) is 0 Å². The van der Waals surface area contributed by atoms with Crippen LogP contribution in [0.2, 0.25) is 0 Å². The number of aliphatic hydroxyl groups excluding tert-OH is 1. The third-order valence-corrected chi connectivity index (χ3v) is 10.2. The lowest BCUT2D eigenvalue weighted by molar-refractivity contribution is -0.352. The molecule has 0 amide bonds. The number of hydrogen-bond acceptors (Lipinski definition) is 16. The van der Waals surface area contributed by atoms with Gasteiger partial charge in [-0.25, -0.2) is 19.2 Å². The number of rotatable bonds is 16. The van der Waals surface area contributed by atoms with Crippen LogP contribution in [0.25, 0.3) is 0 Å². The summed E-state index contributed by atoms with van der Waals surface area (Å²) in [5, 5.41) is 12.3. The summed E-state index contributed by atoms with van der Waals surface area (Å²) in [5.74, 6) is -4.15. The number of fused-ring (bicyclic) bond motifs is 1. The molecular formula is C46H48O16. The molecule has 16 heteroatoms. The summed E-state index contributed by atoms with van der Waals surface area (Å²) in [5.41, 5.74) is 0.915. The molecule has 0 saturated carbocycles. The predicted molar refractivity (Wildman–Crippen MR) is 215 cm³/mol. The molecule has 1 N–H and O–H groups in total. The summed E-state index contributed by atoms with van der Waals surface area (Å²) < 4.78 is 66.6. The molecule has 0 radical (unpaired) electrons. The zero-order valence-electron chi connectivity index (χ0n) is 34.2. The van der Waals surface area contributed by atoms with E-state index in [9.17, 15) is 24.3 Å². The van der Waals surface area contributed by atoms with Gasteiger partial charge in [-0.2, -0.15) is 0 Å². The second kappa shape index (κ2) is 20.5. The highest BCUT2D eigenvalue weighted by Crippen LogP contribution is 2.41. The summed E-state index contributed by atoms with van der Waals surface area (Å²) in [6.45, 7) is 2.53. The van der Waals surface area contributed by atoms with E-state index in [0.717, 1.165) is 0 Å². The van der Waals surface area contributed by atoms with Crippen LogP contribution in [0.3, 0.4) is 0 Å². The number of aliphatic hydroxyl groups is 1. The van der Waals surface area contributed by atoms with E-state index in [-0.39, 0.29) is 36.5 Å². The maximum absolute atomic E-state index is 13.8. The Morgan fingerprint density at radius 3 is 1.48 bits per heavy atom.